The van der Waals surface area contributed by atoms with Crippen LogP contribution in [0.4, 0.5) is 5.69 Å². The van der Waals surface area contributed by atoms with Gasteiger partial charge in [0.2, 0.25) is 15.9 Å². The minimum Gasteiger partial charge on any atom is -0.323 e. The summed E-state index contributed by atoms with van der Waals surface area (Å²) in [5.74, 6) is -0.329. The maximum Gasteiger partial charge on any atom is 0.242 e. The molecule has 4 rings (SSSR count). The molecule has 1 atom stereocenters. The van der Waals surface area contributed by atoms with Gasteiger partial charge >= 0.3 is 0 Å². The number of anilines is 1. The maximum absolute atomic E-state index is 13.3. The molecule has 0 radical (unpaired) electrons. The van der Waals surface area contributed by atoms with Gasteiger partial charge in [0, 0.05) is 27.3 Å². The number of rotatable bonds is 11. The summed E-state index contributed by atoms with van der Waals surface area (Å²) in [6, 6.07) is 15.7. The normalized spacial score (nSPS) is 12.6. The Hall–Kier alpha value is -3.14. The van der Waals surface area contributed by atoms with E-state index >= 15 is 0 Å². The molecule has 0 saturated carbocycles. The minimum absolute atomic E-state index is 0.119. The number of nitrogens with one attached hydrogen (secondary N) is 2. The van der Waals surface area contributed by atoms with E-state index in [4.69, 9.17) is 0 Å². The molecule has 0 aliphatic heterocycles. The van der Waals surface area contributed by atoms with Crippen molar-refractivity contribution in [2.45, 2.75) is 50.0 Å². The fourth-order valence-electron chi connectivity index (χ4n) is 3.92. The fraction of sp³-hybridized carbons (Fsp3) is 0.269. The molecule has 35 heavy (non-hydrogen) atoms. The van der Waals surface area contributed by atoms with Gasteiger partial charge in [-0.05, 0) is 38.0 Å². The van der Waals surface area contributed by atoms with E-state index in [1.165, 1.54) is 11.3 Å². The molecule has 2 N–H and O–H groups in total. The lowest BCUT2D eigenvalue weighted by Crippen LogP contribution is -2.43. The Bertz CT molecular complexity index is 1460. The monoisotopic (exact) mass is 509 g/mol. The number of benzene rings is 2. The molecule has 2 aromatic heterocycles. The van der Waals surface area contributed by atoms with Crippen LogP contribution in [0.25, 0.3) is 21.0 Å². The van der Waals surface area contributed by atoms with Crippen molar-refractivity contribution in [3.05, 3.63) is 66.2 Å². The van der Waals surface area contributed by atoms with Crippen LogP contribution in [0.2, 0.25) is 0 Å². The molecule has 0 bridgehead atoms. The number of hydrogen-bond donors (Lipinski definition) is 2. The summed E-state index contributed by atoms with van der Waals surface area (Å²) in [6.07, 6.45) is 4.39. The predicted octanol–water partition coefficient (Wildman–Crippen LogP) is 5.27. The zero-order chi connectivity index (χ0) is 24.8. The van der Waals surface area contributed by atoms with E-state index in [1.54, 1.807) is 30.6 Å². The quantitative estimate of drug-likeness (QED) is 0.268. The smallest absolute Gasteiger partial charge is 0.242 e. The van der Waals surface area contributed by atoms with Gasteiger partial charge in [-0.15, -0.1) is 11.3 Å². The lowest BCUT2D eigenvalue weighted by molar-refractivity contribution is -0.118. The number of nitrogens with zero attached hydrogens (tertiary/aromatic N) is 1. The third-order valence-corrected chi connectivity index (χ3v) is 8.35. The van der Waals surface area contributed by atoms with Gasteiger partial charge < -0.3 is 10.1 Å². The van der Waals surface area contributed by atoms with E-state index < -0.39 is 22.0 Å². The third kappa shape index (κ3) is 6.30. The zero-order valence-electron chi connectivity index (χ0n) is 19.4. The number of Topliss-reactive ketones (excluding diaryl/α,β-unsaturated/α-hetero) is 1. The van der Waals surface area contributed by atoms with Gasteiger partial charge in [0.1, 0.15) is 16.7 Å². The van der Waals surface area contributed by atoms with Gasteiger partial charge in [0.25, 0.3) is 0 Å². The second-order valence-electron chi connectivity index (χ2n) is 8.48. The fourth-order valence-corrected chi connectivity index (χ4v) is 6.66. The first-order valence-electron chi connectivity index (χ1n) is 11.5. The van der Waals surface area contributed by atoms with Crippen LogP contribution >= 0.6 is 11.3 Å². The van der Waals surface area contributed by atoms with Gasteiger partial charge in [-0.1, -0.05) is 49.2 Å². The van der Waals surface area contributed by atoms with E-state index in [2.05, 4.69) is 15.0 Å². The average molecular weight is 510 g/mol. The summed E-state index contributed by atoms with van der Waals surface area (Å²) in [7, 11) is -3.94. The van der Waals surface area contributed by atoms with Crippen molar-refractivity contribution in [2.75, 3.05) is 5.32 Å². The lowest BCUT2D eigenvalue weighted by atomic mass is 10.1. The van der Waals surface area contributed by atoms with Crippen molar-refractivity contribution < 1.29 is 18.0 Å². The average Bonchev–Trinajstić information content (AvgIpc) is 3.28. The summed E-state index contributed by atoms with van der Waals surface area (Å²) >= 11 is 1.35. The van der Waals surface area contributed by atoms with Gasteiger partial charge in [-0.3, -0.25) is 9.78 Å². The minimum atomic E-state index is -3.94. The highest BCUT2D eigenvalue weighted by Gasteiger charge is 2.27. The first-order valence-corrected chi connectivity index (χ1v) is 13.8. The molecule has 2 aromatic carbocycles. The van der Waals surface area contributed by atoms with Crippen molar-refractivity contribution in [1.82, 2.24) is 9.71 Å². The number of hydrogen-bond acceptors (Lipinski definition) is 6. The number of ketones is 1. The molecule has 0 fully saturated rings. The first-order chi connectivity index (χ1) is 16.8. The Labute approximate surface area is 208 Å². The zero-order valence-corrected chi connectivity index (χ0v) is 21.0. The van der Waals surface area contributed by atoms with Crippen LogP contribution in [0, 0.1) is 0 Å². The highest BCUT2D eigenvalue weighted by Crippen LogP contribution is 2.29. The van der Waals surface area contributed by atoms with E-state index in [0.29, 0.717) is 36.8 Å². The molecule has 7 nitrogen and oxygen atoms in total. The number of unbranched alkanes of at least 4 members (excludes halogenated alkanes) is 2. The number of sulfonamides is 1. The largest absolute Gasteiger partial charge is 0.323 e. The van der Waals surface area contributed by atoms with Crippen LogP contribution in [-0.4, -0.2) is 31.1 Å². The first kappa shape index (κ1) is 25.0. The maximum atomic E-state index is 13.3. The number of thiophene rings is 1. The summed E-state index contributed by atoms with van der Waals surface area (Å²) in [4.78, 5) is 29.0. The summed E-state index contributed by atoms with van der Waals surface area (Å²) < 4.78 is 30.1. The number of pyridine rings is 1. The van der Waals surface area contributed by atoms with Crippen molar-refractivity contribution >= 4 is 59.7 Å². The molecule has 0 unspecified atom stereocenters. The number of amides is 1. The molecule has 4 aromatic rings. The standard InChI is InChI=1S/C26H27N3O4S2/c1-18(30)9-3-2-4-13-23(26(31)28-20-15-19-10-5-7-12-22(19)27-16-20)29-35(32,33)25-17-34-24-14-8-6-11-21(24)25/h5-8,10-12,14-17,23,29H,2-4,9,13H2,1H3,(H,28,31)/t23-/m0/s1. The summed E-state index contributed by atoms with van der Waals surface area (Å²) in [5.41, 5.74) is 1.30. The topological polar surface area (TPSA) is 105 Å². The Balaban J connectivity index is 1.53. The molecule has 2 heterocycles. The Morgan fingerprint density at radius 2 is 1.80 bits per heavy atom. The SMILES string of the molecule is CC(=O)CCCCC[C@H](NS(=O)(=O)c1csc2ccccc12)C(=O)Nc1cnc2ccccc2c1. The Morgan fingerprint density at radius 1 is 1.03 bits per heavy atom. The van der Waals surface area contributed by atoms with Gasteiger partial charge in [0.05, 0.1) is 17.4 Å². The van der Waals surface area contributed by atoms with Crippen molar-refractivity contribution in [2.24, 2.45) is 0 Å². The van der Waals surface area contributed by atoms with Crippen LogP contribution in [0.3, 0.4) is 0 Å². The van der Waals surface area contributed by atoms with Crippen molar-refractivity contribution in [3.63, 3.8) is 0 Å². The second-order valence-corrected chi connectivity index (χ2v) is 11.1. The molecular weight excluding hydrogens is 482 g/mol. The van der Waals surface area contributed by atoms with Gasteiger partial charge in [-0.25, -0.2) is 8.42 Å². The Morgan fingerprint density at radius 3 is 2.63 bits per heavy atom. The molecule has 1 amide bonds. The highest BCUT2D eigenvalue weighted by molar-refractivity contribution is 7.90. The van der Waals surface area contributed by atoms with Crippen LogP contribution < -0.4 is 10.0 Å². The summed E-state index contributed by atoms with van der Waals surface area (Å²) in [6.45, 7) is 1.55. The molecular formula is C26H27N3O4S2. The number of para-hydroxylation sites is 1. The molecule has 0 aliphatic rings. The molecule has 9 heteroatoms. The van der Waals surface area contributed by atoms with Crippen LogP contribution in [0.5, 0.6) is 0 Å². The Kier molecular flexibility index (Phi) is 7.90. The van der Waals surface area contributed by atoms with E-state index in [9.17, 15) is 18.0 Å². The summed E-state index contributed by atoms with van der Waals surface area (Å²) in [5, 5.41) is 5.92. The predicted molar refractivity (Wildman–Crippen MR) is 140 cm³/mol. The molecule has 0 aliphatic carbocycles. The number of aromatic nitrogens is 1. The van der Waals surface area contributed by atoms with Crippen molar-refractivity contribution in [3.8, 4) is 0 Å². The molecule has 182 valence electrons. The highest BCUT2D eigenvalue weighted by atomic mass is 32.2. The van der Waals surface area contributed by atoms with Crippen LogP contribution in [0.1, 0.15) is 39.0 Å². The van der Waals surface area contributed by atoms with E-state index in [-0.39, 0.29) is 10.7 Å². The van der Waals surface area contributed by atoms with Gasteiger partial charge in [-0.2, -0.15) is 4.72 Å². The number of fused-ring (bicyclic) bond motifs is 2. The lowest BCUT2D eigenvalue weighted by Gasteiger charge is -2.18. The van der Waals surface area contributed by atoms with Crippen LogP contribution in [-0.2, 0) is 19.6 Å². The van der Waals surface area contributed by atoms with Crippen LogP contribution in [0.15, 0.2) is 71.1 Å². The second kappa shape index (κ2) is 11.1. The van der Waals surface area contributed by atoms with Gasteiger partial charge in [0.15, 0.2) is 0 Å². The van der Waals surface area contributed by atoms with Crippen molar-refractivity contribution in [1.29, 1.82) is 0 Å². The number of carbonyl (C=O) groups is 2. The van der Waals surface area contributed by atoms with E-state index in [1.807, 2.05) is 42.5 Å². The van der Waals surface area contributed by atoms with E-state index in [0.717, 1.165) is 22.0 Å². The molecule has 0 saturated heterocycles. The molecule has 0 spiro atoms. The third-order valence-electron chi connectivity index (χ3n) is 5.73. The number of carbonyl (C=O) groups excluding carboxylic acids is 2.